The molecule has 4 rings (SSSR count). The van der Waals surface area contributed by atoms with Gasteiger partial charge in [0.25, 0.3) is 5.91 Å². The van der Waals surface area contributed by atoms with Crippen molar-refractivity contribution in [2.75, 3.05) is 31.5 Å². The summed E-state index contributed by atoms with van der Waals surface area (Å²) in [6.45, 7) is 5.23. The lowest BCUT2D eigenvalue weighted by atomic mass is 10.1. The first kappa shape index (κ1) is 18.1. The fourth-order valence-corrected chi connectivity index (χ4v) is 3.95. The van der Waals surface area contributed by atoms with Crippen LogP contribution in [0.25, 0.3) is 0 Å². The van der Waals surface area contributed by atoms with Gasteiger partial charge in [0.15, 0.2) is 5.69 Å². The summed E-state index contributed by atoms with van der Waals surface area (Å²) in [5.74, 6) is -0.203. The molecule has 144 valence electrons. The third kappa shape index (κ3) is 4.73. The number of hydrogen-bond acceptors (Lipinski definition) is 5. The van der Waals surface area contributed by atoms with E-state index in [0.29, 0.717) is 11.7 Å². The summed E-state index contributed by atoms with van der Waals surface area (Å²) >= 11 is 0. The SMILES string of the molecule is O=C(Nc1cccc(CN2CCCCC2)c1)c1cn(C2CCNCC2)nn1. The van der Waals surface area contributed by atoms with Gasteiger partial charge < -0.3 is 10.6 Å². The minimum Gasteiger partial charge on any atom is -0.321 e. The topological polar surface area (TPSA) is 75.1 Å². The van der Waals surface area contributed by atoms with Crippen LogP contribution in [0.2, 0.25) is 0 Å². The molecule has 1 amide bonds. The molecule has 0 aliphatic carbocycles. The molecule has 2 aromatic rings. The molecule has 2 fully saturated rings. The molecule has 7 heteroatoms. The largest absolute Gasteiger partial charge is 0.321 e. The van der Waals surface area contributed by atoms with Crippen molar-refractivity contribution in [3.8, 4) is 0 Å². The number of piperidine rings is 2. The molecule has 2 N–H and O–H groups in total. The molecule has 0 atom stereocenters. The standard InChI is InChI=1S/C20H28N6O/c27-20(19-15-26(24-23-19)18-7-9-21-10-8-18)22-17-6-4-5-16(13-17)14-25-11-2-1-3-12-25/h4-6,13,15,18,21H,1-3,7-12,14H2,(H,22,27). The van der Waals surface area contributed by atoms with E-state index in [1.807, 2.05) is 16.8 Å². The first-order valence-electron chi connectivity index (χ1n) is 10.0. The fraction of sp³-hybridized carbons (Fsp3) is 0.550. The van der Waals surface area contributed by atoms with Crippen molar-refractivity contribution in [1.82, 2.24) is 25.2 Å². The van der Waals surface area contributed by atoms with Crippen molar-refractivity contribution in [3.63, 3.8) is 0 Å². The van der Waals surface area contributed by atoms with Crippen LogP contribution in [0.5, 0.6) is 0 Å². The van der Waals surface area contributed by atoms with Crippen molar-refractivity contribution < 1.29 is 4.79 Å². The maximum Gasteiger partial charge on any atom is 0.277 e. The molecule has 0 unspecified atom stereocenters. The van der Waals surface area contributed by atoms with Crippen LogP contribution in [-0.4, -0.2) is 52.0 Å². The molecule has 0 saturated carbocycles. The third-order valence-corrected chi connectivity index (χ3v) is 5.47. The lowest BCUT2D eigenvalue weighted by molar-refractivity contribution is 0.102. The van der Waals surface area contributed by atoms with E-state index in [4.69, 9.17) is 0 Å². The van der Waals surface area contributed by atoms with Gasteiger partial charge in [0.05, 0.1) is 12.2 Å². The number of anilines is 1. The van der Waals surface area contributed by atoms with Gasteiger partial charge in [-0.05, 0) is 69.6 Å². The highest BCUT2D eigenvalue weighted by molar-refractivity contribution is 6.02. The molecule has 0 radical (unpaired) electrons. The smallest absolute Gasteiger partial charge is 0.277 e. The molecular weight excluding hydrogens is 340 g/mol. The quantitative estimate of drug-likeness (QED) is 0.848. The predicted molar refractivity (Wildman–Crippen MR) is 105 cm³/mol. The van der Waals surface area contributed by atoms with Crippen LogP contribution in [0, 0.1) is 0 Å². The van der Waals surface area contributed by atoms with E-state index in [2.05, 4.69) is 38.0 Å². The van der Waals surface area contributed by atoms with Gasteiger partial charge in [-0.3, -0.25) is 9.69 Å². The highest BCUT2D eigenvalue weighted by atomic mass is 16.2. The maximum absolute atomic E-state index is 12.6. The monoisotopic (exact) mass is 368 g/mol. The number of rotatable bonds is 5. The molecule has 3 heterocycles. The van der Waals surface area contributed by atoms with Crippen LogP contribution < -0.4 is 10.6 Å². The molecule has 27 heavy (non-hydrogen) atoms. The normalized spacial score (nSPS) is 19.1. The van der Waals surface area contributed by atoms with Gasteiger partial charge >= 0.3 is 0 Å². The second-order valence-corrected chi connectivity index (χ2v) is 7.56. The van der Waals surface area contributed by atoms with E-state index < -0.39 is 0 Å². The zero-order valence-corrected chi connectivity index (χ0v) is 15.7. The minimum atomic E-state index is -0.203. The van der Waals surface area contributed by atoms with E-state index in [-0.39, 0.29) is 5.91 Å². The number of nitrogens with one attached hydrogen (secondary N) is 2. The van der Waals surface area contributed by atoms with Gasteiger partial charge in [-0.15, -0.1) is 5.10 Å². The molecule has 2 saturated heterocycles. The Hall–Kier alpha value is -2.25. The summed E-state index contributed by atoms with van der Waals surface area (Å²) in [7, 11) is 0. The van der Waals surface area contributed by atoms with E-state index in [1.165, 1.54) is 24.8 Å². The molecule has 1 aromatic heterocycles. The first-order chi connectivity index (χ1) is 13.3. The lowest BCUT2D eigenvalue weighted by Crippen LogP contribution is -2.29. The Balaban J connectivity index is 1.37. The van der Waals surface area contributed by atoms with Crippen LogP contribution >= 0.6 is 0 Å². The van der Waals surface area contributed by atoms with Crippen molar-refractivity contribution in [2.45, 2.75) is 44.7 Å². The number of benzene rings is 1. The number of carbonyl (C=O) groups excluding carboxylic acids is 1. The summed E-state index contributed by atoms with van der Waals surface area (Å²) < 4.78 is 1.84. The van der Waals surface area contributed by atoms with E-state index in [0.717, 1.165) is 51.3 Å². The van der Waals surface area contributed by atoms with Crippen LogP contribution in [-0.2, 0) is 6.54 Å². The average molecular weight is 368 g/mol. The second-order valence-electron chi connectivity index (χ2n) is 7.56. The van der Waals surface area contributed by atoms with Crippen molar-refractivity contribution in [2.24, 2.45) is 0 Å². The Kier molecular flexibility index (Phi) is 5.79. The van der Waals surface area contributed by atoms with Gasteiger partial charge in [-0.1, -0.05) is 23.8 Å². The first-order valence-corrected chi connectivity index (χ1v) is 10.0. The predicted octanol–water partition coefficient (Wildman–Crippen LogP) is 2.44. The molecule has 1 aromatic carbocycles. The third-order valence-electron chi connectivity index (χ3n) is 5.47. The number of nitrogens with zero attached hydrogens (tertiary/aromatic N) is 4. The summed E-state index contributed by atoms with van der Waals surface area (Å²) in [4.78, 5) is 15.0. The van der Waals surface area contributed by atoms with Gasteiger partial charge in [0, 0.05) is 12.2 Å². The summed E-state index contributed by atoms with van der Waals surface area (Å²) in [6, 6.07) is 8.44. The second kappa shape index (κ2) is 8.63. The summed E-state index contributed by atoms with van der Waals surface area (Å²) in [5, 5.41) is 14.5. The maximum atomic E-state index is 12.6. The highest BCUT2D eigenvalue weighted by Crippen LogP contribution is 2.19. The van der Waals surface area contributed by atoms with Crippen molar-refractivity contribution >= 4 is 11.6 Å². The van der Waals surface area contributed by atoms with Crippen molar-refractivity contribution in [3.05, 3.63) is 41.7 Å². The minimum absolute atomic E-state index is 0.203. The number of hydrogen-bond donors (Lipinski definition) is 2. The Bertz CT molecular complexity index is 761. The van der Waals surface area contributed by atoms with Crippen molar-refractivity contribution in [1.29, 1.82) is 0 Å². The molecule has 7 nitrogen and oxygen atoms in total. The van der Waals surface area contributed by atoms with Gasteiger partial charge in [0.2, 0.25) is 0 Å². The van der Waals surface area contributed by atoms with Crippen LogP contribution in [0.1, 0.15) is 54.2 Å². The molecule has 0 bridgehead atoms. The van der Waals surface area contributed by atoms with E-state index >= 15 is 0 Å². The number of carbonyl (C=O) groups is 1. The summed E-state index contributed by atoms with van der Waals surface area (Å²) in [5.41, 5.74) is 2.41. The van der Waals surface area contributed by atoms with E-state index in [9.17, 15) is 4.79 Å². The van der Waals surface area contributed by atoms with Crippen LogP contribution in [0.15, 0.2) is 30.5 Å². The van der Waals surface area contributed by atoms with Gasteiger partial charge in [0.1, 0.15) is 0 Å². The number of amides is 1. The average Bonchev–Trinajstić information content (AvgIpc) is 3.20. The van der Waals surface area contributed by atoms with Crippen LogP contribution in [0.3, 0.4) is 0 Å². The summed E-state index contributed by atoms with van der Waals surface area (Å²) in [6.07, 6.45) is 7.70. The Morgan fingerprint density at radius 3 is 2.81 bits per heavy atom. The molecule has 2 aliphatic rings. The van der Waals surface area contributed by atoms with E-state index in [1.54, 1.807) is 6.20 Å². The zero-order valence-electron chi connectivity index (χ0n) is 15.7. The molecule has 0 spiro atoms. The number of likely N-dealkylation sites (tertiary alicyclic amines) is 1. The number of aromatic nitrogens is 3. The van der Waals surface area contributed by atoms with Crippen LogP contribution in [0.4, 0.5) is 5.69 Å². The Morgan fingerprint density at radius 2 is 2.00 bits per heavy atom. The van der Waals surface area contributed by atoms with Gasteiger partial charge in [-0.2, -0.15) is 0 Å². The fourth-order valence-electron chi connectivity index (χ4n) is 3.95. The Morgan fingerprint density at radius 1 is 1.19 bits per heavy atom. The van der Waals surface area contributed by atoms with Gasteiger partial charge in [-0.25, -0.2) is 4.68 Å². The Labute approximate surface area is 160 Å². The molecular formula is C20H28N6O. The molecule has 2 aliphatic heterocycles. The highest BCUT2D eigenvalue weighted by Gasteiger charge is 2.19. The zero-order chi connectivity index (χ0) is 18.5. The lowest BCUT2D eigenvalue weighted by Gasteiger charge is -2.26.